The Morgan fingerprint density at radius 2 is 1.90 bits per heavy atom. The maximum absolute atomic E-state index is 12.5. The molecule has 1 unspecified atom stereocenters. The molecule has 0 amide bonds. The molecule has 20 heavy (non-hydrogen) atoms. The van der Waals surface area contributed by atoms with Crippen LogP contribution >= 0.6 is 0 Å². The van der Waals surface area contributed by atoms with Crippen molar-refractivity contribution in [3.63, 3.8) is 0 Å². The number of hydrogen-bond acceptors (Lipinski definition) is 3. The molecule has 110 valence electrons. The summed E-state index contributed by atoms with van der Waals surface area (Å²) in [4.78, 5) is 11.3. The fraction of sp³-hybridized carbons (Fsp3) is 0.500. The van der Waals surface area contributed by atoms with E-state index < -0.39 is 22.0 Å². The second kappa shape index (κ2) is 5.54. The van der Waals surface area contributed by atoms with Gasteiger partial charge in [-0.05, 0) is 36.5 Å². The summed E-state index contributed by atoms with van der Waals surface area (Å²) in [5.74, 6) is -0.754. The van der Waals surface area contributed by atoms with Crippen LogP contribution in [0.4, 0.5) is 0 Å². The van der Waals surface area contributed by atoms with Gasteiger partial charge in [-0.25, -0.2) is 8.42 Å². The van der Waals surface area contributed by atoms with Crippen LogP contribution in [-0.4, -0.2) is 36.4 Å². The van der Waals surface area contributed by atoms with Gasteiger partial charge in [0.1, 0.15) is 6.04 Å². The van der Waals surface area contributed by atoms with Gasteiger partial charge in [0.05, 0.1) is 4.90 Å². The summed E-state index contributed by atoms with van der Waals surface area (Å²) in [5, 5.41) is 9.10. The first-order valence-corrected chi connectivity index (χ1v) is 8.12. The number of sulfonamides is 1. The second-order valence-corrected chi connectivity index (χ2v) is 7.23. The lowest BCUT2D eigenvalue weighted by molar-refractivity contribution is -0.140. The molecule has 0 radical (unpaired) electrons. The van der Waals surface area contributed by atoms with Crippen molar-refractivity contribution in [2.24, 2.45) is 0 Å². The van der Waals surface area contributed by atoms with Crippen LogP contribution in [0.1, 0.15) is 38.2 Å². The van der Waals surface area contributed by atoms with E-state index in [4.69, 9.17) is 5.11 Å². The molecule has 1 saturated heterocycles. The number of aliphatic carboxylic acids is 1. The molecule has 0 saturated carbocycles. The number of carboxylic acid groups (broad SMARTS) is 1. The van der Waals surface area contributed by atoms with Crippen molar-refractivity contribution >= 4 is 16.0 Å². The second-order valence-electron chi connectivity index (χ2n) is 5.34. The van der Waals surface area contributed by atoms with Gasteiger partial charge in [-0.15, -0.1) is 0 Å². The predicted molar refractivity (Wildman–Crippen MR) is 75.1 cm³/mol. The van der Waals surface area contributed by atoms with E-state index in [-0.39, 0.29) is 11.4 Å². The largest absolute Gasteiger partial charge is 0.480 e. The van der Waals surface area contributed by atoms with E-state index >= 15 is 0 Å². The topological polar surface area (TPSA) is 74.7 Å². The summed E-state index contributed by atoms with van der Waals surface area (Å²) in [6.45, 7) is 4.33. The van der Waals surface area contributed by atoms with Gasteiger partial charge in [0, 0.05) is 6.54 Å². The summed E-state index contributed by atoms with van der Waals surface area (Å²) in [6, 6.07) is 5.74. The minimum atomic E-state index is -3.72. The fourth-order valence-corrected chi connectivity index (χ4v) is 4.09. The molecular formula is C14H19NO4S. The lowest BCUT2D eigenvalue weighted by atomic mass is 10.0. The molecule has 1 fully saturated rings. The van der Waals surface area contributed by atoms with Gasteiger partial charge in [0.2, 0.25) is 10.0 Å². The van der Waals surface area contributed by atoms with Crippen molar-refractivity contribution in [1.82, 2.24) is 4.31 Å². The van der Waals surface area contributed by atoms with Crippen LogP contribution in [0.2, 0.25) is 0 Å². The van der Waals surface area contributed by atoms with Gasteiger partial charge in [-0.2, -0.15) is 4.31 Å². The minimum absolute atomic E-state index is 0.162. The van der Waals surface area contributed by atoms with Gasteiger partial charge in [0.25, 0.3) is 0 Å². The molecular weight excluding hydrogens is 278 g/mol. The number of rotatable bonds is 4. The molecule has 1 aliphatic heterocycles. The van der Waals surface area contributed by atoms with E-state index in [1.165, 1.54) is 0 Å². The number of carbonyl (C=O) groups is 1. The Morgan fingerprint density at radius 3 is 2.40 bits per heavy atom. The van der Waals surface area contributed by atoms with Gasteiger partial charge >= 0.3 is 5.97 Å². The first-order chi connectivity index (χ1) is 9.34. The van der Waals surface area contributed by atoms with Crippen LogP contribution in [0.3, 0.4) is 0 Å². The average Bonchev–Trinajstić information content (AvgIpc) is 2.89. The van der Waals surface area contributed by atoms with Crippen LogP contribution in [-0.2, 0) is 14.8 Å². The minimum Gasteiger partial charge on any atom is -0.480 e. The molecule has 2 rings (SSSR count). The van der Waals surface area contributed by atoms with Crippen LogP contribution in [0.25, 0.3) is 0 Å². The highest BCUT2D eigenvalue weighted by atomic mass is 32.2. The van der Waals surface area contributed by atoms with Crippen LogP contribution in [0, 0.1) is 0 Å². The molecule has 1 aliphatic rings. The Labute approximate surface area is 119 Å². The molecule has 1 aromatic carbocycles. The van der Waals surface area contributed by atoms with E-state index in [1.807, 2.05) is 13.8 Å². The molecule has 1 heterocycles. The van der Waals surface area contributed by atoms with E-state index in [1.54, 1.807) is 24.3 Å². The SMILES string of the molecule is CC(C)c1ccc(S(=O)(=O)N2CCCC2C(=O)O)cc1. The monoisotopic (exact) mass is 297 g/mol. The van der Waals surface area contributed by atoms with Crippen molar-refractivity contribution in [3.8, 4) is 0 Å². The predicted octanol–water partition coefficient (Wildman–Crippen LogP) is 2.05. The summed E-state index contributed by atoms with van der Waals surface area (Å²) >= 11 is 0. The van der Waals surface area contributed by atoms with Crippen molar-refractivity contribution in [3.05, 3.63) is 29.8 Å². The van der Waals surface area contributed by atoms with Crippen molar-refractivity contribution in [1.29, 1.82) is 0 Å². The normalized spacial score (nSPS) is 20.4. The molecule has 5 nitrogen and oxygen atoms in total. The molecule has 1 atom stereocenters. The molecule has 0 aromatic heterocycles. The first kappa shape index (κ1) is 15.0. The quantitative estimate of drug-likeness (QED) is 0.923. The molecule has 6 heteroatoms. The standard InChI is InChI=1S/C14H19NO4S/c1-10(2)11-5-7-12(8-6-11)20(18,19)15-9-3-4-13(15)14(16)17/h5-8,10,13H,3-4,9H2,1-2H3,(H,16,17). The number of nitrogens with zero attached hydrogens (tertiary/aromatic N) is 1. The van der Waals surface area contributed by atoms with Crippen LogP contribution < -0.4 is 0 Å². The molecule has 1 aromatic rings. The van der Waals surface area contributed by atoms with Gasteiger partial charge in [-0.3, -0.25) is 4.79 Å². The summed E-state index contributed by atoms with van der Waals surface area (Å²) < 4.78 is 26.1. The van der Waals surface area contributed by atoms with Crippen molar-refractivity contribution in [2.75, 3.05) is 6.54 Å². The molecule has 0 bridgehead atoms. The zero-order chi connectivity index (χ0) is 14.9. The van der Waals surface area contributed by atoms with Gasteiger partial charge in [0.15, 0.2) is 0 Å². The number of hydrogen-bond donors (Lipinski definition) is 1. The lowest BCUT2D eigenvalue weighted by Gasteiger charge is -2.21. The summed E-state index contributed by atoms with van der Waals surface area (Å²) in [6.07, 6.45) is 0.957. The zero-order valence-electron chi connectivity index (χ0n) is 11.6. The van der Waals surface area contributed by atoms with E-state index in [2.05, 4.69) is 0 Å². The van der Waals surface area contributed by atoms with E-state index in [9.17, 15) is 13.2 Å². The Morgan fingerprint density at radius 1 is 1.30 bits per heavy atom. The van der Waals surface area contributed by atoms with Crippen molar-refractivity contribution in [2.45, 2.75) is 43.5 Å². The molecule has 0 spiro atoms. The Bertz CT molecular complexity index is 592. The highest BCUT2D eigenvalue weighted by Gasteiger charge is 2.39. The average molecular weight is 297 g/mol. The van der Waals surface area contributed by atoms with Crippen LogP contribution in [0.15, 0.2) is 29.2 Å². The Hall–Kier alpha value is -1.40. The highest BCUT2D eigenvalue weighted by molar-refractivity contribution is 7.89. The smallest absolute Gasteiger partial charge is 0.322 e. The Balaban J connectivity index is 2.32. The van der Waals surface area contributed by atoms with E-state index in [0.717, 1.165) is 9.87 Å². The lowest BCUT2D eigenvalue weighted by Crippen LogP contribution is -2.40. The third-order valence-corrected chi connectivity index (χ3v) is 5.56. The van der Waals surface area contributed by atoms with E-state index in [0.29, 0.717) is 18.8 Å². The van der Waals surface area contributed by atoms with Crippen molar-refractivity contribution < 1.29 is 18.3 Å². The third-order valence-electron chi connectivity index (χ3n) is 3.64. The van der Waals surface area contributed by atoms with Crippen LogP contribution in [0.5, 0.6) is 0 Å². The fourth-order valence-electron chi connectivity index (χ4n) is 2.43. The zero-order valence-corrected chi connectivity index (χ0v) is 12.4. The maximum atomic E-state index is 12.5. The summed E-state index contributed by atoms with van der Waals surface area (Å²) in [5.41, 5.74) is 1.06. The molecule has 0 aliphatic carbocycles. The van der Waals surface area contributed by atoms with Gasteiger partial charge in [-0.1, -0.05) is 26.0 Å². The maximum Gasteiger partial charge on any atom is 0.322 e. The number of carboxylic acids is 1. The highest BCUT2D eigenvalue weighted by Crippen LogP contribution is 2.27. The first-order valence-electron chi connectivity index (χ1n) is 6.68. The number of benzene rings is 1. The van der Waals surface area contributed by atoms with Gasteiger partial charge < -0.3 is 5.11 Å². The summed E-state index contributed by atoms with van der Waals surface area (Å²) in [7, 11) is -3.72. The molecule has 1 N–H and O–H groups in total. The Kier molecular flexibility index (Phi) is 4.15. The third kappa shape index (κ3) is 2.71.